The molecule has 1 aromatic carbocycles. The number of benzene rings is 1. The normalized spacial score (nSPS) is 10.2. The Labute approximate surface area is 124 Å². The first-order valence-electron chi connectivity index (χ1n) is 6.37. The Hall–Kier alpha value is -0.950. The molecule has 0 atom stereocenters. The summed E-state index contributed by atoms with van der Waals surface area (Å²) in [4.78, 5) is 0. The topological polar surface area (TPSA) is 45.0 Å². The summed E-state index contributed by atoms with van der Waals surface area (Å²) in [5.41, 5.74) is 0.947. The first-order valence-corrected chi connectivity index (χ1v) is 7.13. The van der Waals surface area contributed by atoms with Crippen molar-refractivity contribution in [3.05, 3.63) is 27.7 Å². The summed E-state index contributed by atoms with van der Waals surface area (Å²) in [5.74, 6) is 0.660. The Balaban J connectivity index is 2.72. The summed E-state index contributed by atoms with van der Waals surface area (Å²) in [6.45, 7) is 4.19. The minimum absolute atomic E-state index is 0.481. The van der Waals surface area contributed by atoms with Crippen LogP contribution in [0.4, 0.5) is 0 Å². The molecule has 1 N–H and O–H groups in total. The van der Waals surface area contributed by atoms with Gasteiger partial charge in [0.1, 0.15) is 5.75 Å². The predicted molar refractivity (Wildman–Crippen MR) is 78.8 cm³/mol. The van der Waals surface area contributed by atoms with E-state index in [9.17, 15) is 0 Å². The Bertz CT molecular complexity index is 444. The molecule has 0 saturated carbocycles. The molecule has 0 radical (unpaired) electrons. The van der Waals surface area contributed by atoms with E-state index in [1.807, 2.05) is 6.07 Å². The molecule has 1 rings (SSSR count). The van der Waals surface area contributed by atoms with E-state index in [1.54, 1.807) is 6.07 Å². The highest BCUT2D eigenvalue weighted by molar-refractivity contribution is 6.35. The molecule has 0 aliphatic heterocycles. The van der Waals surface area contributed by atoms with Crippen LogP contribution >= 0.6 is 23.2 Å². The minimum Gasteiger partial charge on any atom is -0.492 e. The number of rotatable bonds is 8. The van der Waals surface area contributed by atoms with Gasteiger partial charge in [-0.1, -0.05) is 30.1 Å². The second kappa shape index (κ2) is 9.03. The second-order valence-electron chi connectivity index (χ2n) is 4.16. The van der Waals surface area contributed by atoms with Crippen molar-refractivity contribution < 1.29 is 4.74 Å². The fourth-order valence-electron chi connectivity index (χ4n) is 1.63. The molecule has 0 aliphatic carbocycles. The number of hydrogen-bond donors (Lipinski definition) is 1. The molecular weight excluding hydrogens is 283 g/mol. The van der Waals surface area contributed by atoms with Crippen molar-refractivity contribution in [1.82, 2.24) is 5.32 Å². The molecule has 0 aromatic heterocycles. The van der Waals surface area contributed by atoms with E-state index in [0.717, 1.165) is 18.5 Å². The van der Waals surface area contributed by atoms with Gasteiger partial charge in [0.2, 0.25) is 0 Å². The first-order chi connectivity index (χ1) is 9.19. The molecule has 0 spiro atoms. The summed E-state index contributed by atoms with van der Waals surface area (Å²) in [7, 11) is 0. The van der Waals surface area contributed by atoms with Crippen LogP contribution in [0.1, 0.15) is 31.7 Å². The fourth-order valence-corrected chi connectivity index (χ4v) is 2.22. The summed E-state index contributed by atoms with van der Waals surface area (Å²) < 4.78 is 5.67. The van der Waals surface area contributed by atoms with Gasteiger partial charge in [-0.2, -0.15) is 5.26 Å². The van der Waals surface area contributed by atoms with Crippen LogP contribution in [0.5, 0.6) is 5.75 Å². The molecule has 0 aliphatic rings. The van der Waals surface area contributed by atoms with Crippen molar-refractivity contribution in [2.45, 2.75) is 32.7 Å². The van der Waals surface area contributed by atoms with Crippen molar-refractivity contribution in [3.63, 3.8) is 0 Å². The molecule has 0 bridgehead atoms. The monoisotopic (exact) mass is 300 g/mol. The average molecular weight is 301 g/mol. The molecule has 0 heterocycles. The minimum atomic E-state index is 0.481. The van der Waals surface area contributed by atoms with Crippen LogP contribution in [0.25, 0.3) is 0 Å². The van der Waals surface area contributed by atoms with Crippen molar-refractivity contribution >= 4 is 23.2 Å². The Morgan fingerprint density at radius 3 is 2.84 bits per heavy atom. The van der Waals surface area contributed by atoms with Crippen molar-refractivity contribution in [2.75, 3.05) is 13.2 Å². The predicted octanol–water partition coefficient (Wildman–Crippen LogP) is 4.18. The van der Waals surface area contributed by atoms with Gasteiger partial charge in [-0.05, 0) is 31.5 Å². The van der Waals surface area contributed by atoms with Gasteiger partial charge in [0.25, 0.3) is 0 Å². The molecule has 0 fully saturated rings. The molecule has 19 heavy (non-hydrogen) atoms. The number of nitrogens with zero attached hydrogens (tertiary/aromatic N) is 1. The van der Waals surface area contributed by atoms with Crippen LogP contribution in [0, 0.1) is 11.3 Å². The lowest BCUT2D eigenvalue weighted by molar-refractivity contribution is 0.309. The standard InChI is InChI=1S/C14H18Cl2N2O/c1-2-6-18-10-11-8-12(15)9-13(16)14(11)19-7-4-3-5-17/h8-9,18H,2-4,6-7,10H2,1H3. The van der Waals surface area contributed by atoms with E-state index in [4.69, 9.17) is 33.2 Å². The van der Waals surface area contributed by atoms with Crippen LogP contribution in [-0.4, -0.2) is 13.2 Å². The lowest BCUT2D eigenvalue weighted by Crippen LogP contribution is -2.15. The summed E-state index contributed by atoms with van der Waals surface area (Å²) in [6.07, 6.45) is 2.23. The smallest absolute Gasteiger partial charge is 0.142 e. The third-order valence-corrected chi connectivity index (χ3v) is 3.01. The lowest BCUT2D eigenvalue weighted by atomic mass is 10.2. The summed E-state index contributed by atoms with van der Waals surface area (Å²) in [5, 5.41) is 12.9. The molecule has 104 valence electrons. The zero-order chi connectivity index (χ0) is 14.1. The summed E-state index contributed by atoms with van der Waals surface area (Å²) >= 11 is 12.2. The van der Waals surface area contributed by atoms with Crippen LogP contribution in [0.2, 0.25) is 10.0 Å². The van der Waals surface area contributed by atoms with Gasteiger partial charge in [-0.3, -0.25) is 0 Å². The van der Waals surface area contributed by atoms with Gasteiger partial charge in [-0.15, -0.1) is 0 Å². The maximum atomic E-state index is 8.49. The maximum absolute atomic E-state index is 8.49. The molecule has 0 saturated heterocycles. The van der Waals surface area contributed by atoms with Crippen LogP contribution in [-0.2, 0) is 6.54 Å². The van der Waals surface area contributed by atoms with E-state index in [2.05, 4.69) is 18.3 Å². The van der Waals surface area contributed by atoms with Gasteiger partial charge in [0, 0.05) is 23.6 Å². The summed E-state index contributed by atoms with van der Waals surface area (Å²) in [6, 6.07) is 5.62. The van der Waals surface area contributed by atoms with E-state index in [-0.39, 0.29) is 0 Å². The van der Waals surface area contributed by atoms with Crippen LogP contribution < -0.4 is 10.1 Å². The van der Waals surface area contributed by atoms with Crippen LogP contribution in [0.15, 0.2) is 12.1 Å². The Morgan fingerprint density at radius 1 is 1.37 bits per heavy atom. The maximum Gasteiger partial charge on any atom is 0.142 e. The van der Waals surface area contributed by atoms with Crippen molar-refractivity contribution in [1.29, 1.82) is 5.26 Å². The Kier molecular flexibility index (Phi) is 7.66. The zero-order valence-corrected chi connectivity index (χ0v) is 12.5. The van der Waals surface area contributed by atoms with E-state index >= 15 is 0 Å². The largest absolute Gasteiger partial charge is 0.492 e. The highest BCUT2D eigenvalue weighted by Crippen LogP contribution is 2.32. The SMILES string of the molecule is CCCNCc1cc(Cl)cc(Cl)c1OCCCC#N. The van der Waals surface area contributed by atoms with Gasteiger partial charge in [-0.25, -0.2) is 0 Å². The molecule has 0 amide bonds. The number of unbranched alkanes of at least 4 members (excludes halogenated alkanes) is 1. The molecule has 5 heteroatoms. The average Bonchev–Trinajstić information content (AvgIpc) is 2.37. The Morgan fingerprint density at radius 2 is 2.16 bits per heavy atom. The molecular formula is C14H18Cl2N2O. The van der Waals surface area contributed by atoms with E-state index < -0.39 is 0 Å². The van der Waals surface area contributed by atoms with Crippen molar-refractivity contribution in [3.8, 4) is 11.8 Å². The van der Waals surface area contributed by atoms with Gasteiger partial charge in [0.05, 0.1) is 17.7 Å². The number of hydrogen-bond acceptors (Lipinski definition) is 3. The lowest BCUT2D eigenvalue weighted by Gasteiger charge is -2.14. The van der Waals surface area contributed by atoms with Crippen molar-refractivity contribution in [2.24, 2.45) is 0 Å². The van der Waals surface area contributed by atoms with Crippen LogP contribution in [0.3, 0.4) is 0 Å². The zero-order valence-electron chi connectivity index (χ0n) is 11.0. The number of ether oxygens (including phenoxy) is 1. The quantitative estimate of drug-likeness (QED) is 0.733. The highest BCUT2D eigenvalue weighted by atomic mass is 35.5. The van der Waals surface area contributed by atoms with Gasteiger partial charge < -0.3 is 10.1 Å². The molecule has 1 aromatic rings. The van der Waals surface area contributed by atoms with E-state index in [1.165, 1.54) is 0 Å². The number of halogens is 2. The number of nitrogens with one attached hydrogen (secondary N) is 1. The molecule has 3 nitrogen and oxygen atoms in total. The first kappa shape index (κ1) is 16.1. The molecule has 0 unspecified atom stereocenters. The highest BCUT2D eigenvalue weighted by Gasteiger charge is 2.10. The van der Waals surface area contributed by atoms with Gasteiger partial charge >= 0.3 is 0 Å². The third kappa shape index (κ3) is 5.69. The van der Waals surface area contributed by atoms with E-state index in [0.29, 0.717) is 41.8 Å². The fraction of sp³-hybridized carbons (Fsp3) is 0.500. The number of nitriles is 1. The van der Waals surface area contributed by atoms with Gasteiger partial charge in [0.15, 0.2) is 0 Å². The second-order valence-corrected chi connectivity index (χ2v) is 5.01. The third-order valence-electron chi connectivity index (χ3n) is 2.51.